The molecule has 1 aromatic heterocycles. The summed E-state index contributed by atoms with van der Waals surface area (Å²) in [5.74, 6) is 0. The van der Waals surface area contributed by atoms with Gasteiger partial charge in [-0.3, -0.25) is 19.0 Å². The number of nitrogens with zero attached hydrogens (tertiary/aromatic N) is 5. The largest absolute Gasteiger partial charge is 0.408 e. The standard InChI is InChI=1S/C30H42N5O7PS2/c1-5-41-43(36,42-6-2)33-17-7-19-34(44(37,38)29-13-9-25(3)10-14-29)23-27-21-31-22-28(32-27)24-35(20-8-18-33)45(39,40)30-15-11-26(4)12-16-30/h9-16,21-22H,5-8,17-20,23-24H2,1-4H3. The van der Waals surface area contributed by atoms with Crippen LogP contribution in [-0.2, 0) is 46.7 Å². The van der Waals surface area contributed by atoms with Crippen molar-refractivity contribution in [3.63, 3.8) is 0 Å². The summed E-state index contributed by atoms with van der Waals surface area (Å²) in [7, 11) is -11.6. The van der Waals surface area contributed by atoms with Crippen LogP contribution in [0.3, 0.4) is 0 Å². The minimum Gasteiger partial charge on any atom is -0.297 e. The van der Waals surface area contributed by atoms with E-state index in [4.69, 9.17) is 9.05 Å². The first kappa shape index (κ1) is 35.3. The van der Waals surface area contributed by atoms with Crippen molar-refractivity contribution >= 4 is 27.8 Å². The Labute approximate surface area is 267 Å². The van der Waals surface area contributed by atoms with Crippen LogP contribution in [0.2, 0.25) is 0 Å². The molecule has 3 aromatic rings. The van der Waals surface area contributed by atoms with Crippen molar-refractivity contribution in [3.05, 3.63) is 83.4 Å². The number of aryl methyl sites for hydroxylation is 2. The highest BCUT2D eigenvalue weighted by Crippen LogP contribution is 2.52. The predicted molar refractivity (Wildman–Crippen MR) is 171 cm³/mol. The zero-order chi connectivity index (χ0) is 32.7. The fourth-order valence-electron chi connectivity index (χ4n) is 5.00. The van der Waals surface area contributed by atoms with Gasteiger partial charge in [0.2, 0.25) is 20.0 Å². The van der Waals surface area contributed by atoms with E-state index in [2.05, 4.69) is 9.97 Å². The van der Waals surface area contributed by atoms with E-state index in [1.165, 1.54) is 21.0 Å². The molecule has 15 heteroatoms. The monoisotopic (exact) mass is 679 g/mol. The van der Waals surface area contributed by atoms with Gasteiger partial charge in [-0.1, -0.05) is 35.4 Å². The lowest BCUT2D eigenvalue weighted by Crippen LogP contribution is -2.37. The molecule has 2 aromatic carbocycles. The normalized spacial score (nSPS) is 17.2. The van der Waals surface area contributed by atoms with E-state index in [9.17, 15) is 21.4 Å². The van der Waals surface area contributed by atoms with Crippen LogP contribution in [0, 0.1) is 13.8 Å². The molecule has 0 amide bonds. The molecule has 12 nitrogen and oxygen atoms in total. The quantitative estimate of drug-likeness (QED) is 0.291. The smallest absolute Gasteiger partial charge is 0.297 e. The van der Waals surface area contributed by atoms with Gasteiger partial charge in [0.1, 0.15) is 0 Å². The van der Waals surface area contributed by atoms with Gasteiger partial charge in [0, 0.05) is 38.6 Å². The topological polar surface area (TPSA) is 139 Å². The summed E-state index contributed by atoms with van der Waals surface area (Å²) in [6, 6.07) is 13.2. The summed E-state index contributed by atoms with van der Waals surface area (Å²) in [6.07, 6.45) is 3.56. The molecule has 1 aliphatic rings. The van der Waals surface area contributed by atoms with E-state index >= 15 is 0 Å². The van der Waals surface area contributed by atoms with Crippen LogP contribution in [0.5, 0.6) is 0 Å². The number of sulfonamides is 2. The zero-order valence-corrected chi connectivity index (χ0v) is 28.7. The summed E-state index contributed by atoms with van der Waals surface area (Å²) in [6.45, 7) is 7.89. The molecule has 1 aliphatic heterocycles. The van der Waals surface area contributed by atoms with Gasteiger partial charge < -0.3 is 0 Å². The van der Waals surface area contributed by atoms with Gasteiger partial charge in [0.15, 0.2) is 0 Å². The molecular weight excluding hydrogens is 637 g/mol. The maximum Gasteiger partial charge on any atom is 0.408 e. The van der Waals surface area contributed by atoms with Gasteiger partial charge in [-0.15, -0.1) is 0 Å². The lowest BCUT2D eigenvalue weighted by atomic mass is 10.2. The summed E-state index contributed by atoms with van der Waals surface area (Å²) in [4.78, 5) is 9.19. The summed E-state index contributed by atoms with van der Waals surface area (Å²) in [5, 5.41) is 0. The zero-order valence-electron chi connectivity index (χ0n) is 26.2. The molecule has 2 heterocycles. The van der Waals surface area contributed by atoms with Crippen molar-refractivity contribution in [2.45, 2.75) is 63.4 Å². The van der Waals surface area contributed by atoms with E-state index in [0.29, 0.717) is 24.2 Å². The SMILES string of the molecule is CCOP(=O)(OCC)N1CCCN(S(=O)(=O)c2ccc(C)cc2)Cc2cncc(n2)CN(S(=O)(=O)c2ccc(C)cc2)CCC1. The number of aromatic nitrogens is 2. The van der Waals surface area contributed by atoms with Gasteiger partial charge in [-0.25, -0.2) is 26.1 Å². The fourth-order valence-corrected chi connectivity index (χ4v) is 9.72. The van der Waals surface area contributed by atoms with E-state index in [-0.39, 0.29) is 62.3 Å². The number of benzene rings is 2. The van der Waals surface area contributed by atoms with E-state index in [1.807, 2.05) is 13.8 Å². The molecule has 0 saturated heterocycles. The lowest BCUT2D eigenvalue weighted by Gasteiger charge is -2.31. The van der Waals surface area contributed by atoms with Crippen LogP contribution in [0.25, 0.3) is 0 Å². The Kier molecular flexibility index (Phi) is 12.1. The van der Waals surface area contributed by atoms with E-state index < -0.39 is 27.8 Å². The first-order chi connectivity index (χ1) is 21.4. The molecule has 0 spiro atoms. The van der Waals surface area contributed by atoms with Crippen molar-refractivity contribution in [2.75, 3.05) is 39.4 Å². The molecule has 0 atom stereocenters. The van der Waals surface area contributed by atoms with Crippen LogP contribution < -0.4 is 0 Å². The van der Waals surface area contributed by atoms with Crippen molar-refractivity contribution in [1.82, 2.24) is 23.2 Å². The molecule has 0 radical (unpaired) electrons. The molecular formula is C30H42N5O7PS2. The number of hydrogen-bond donors (Lipinski definition) is 0. The number of rotatable bonds is 9. The average molecular weight is 680 g/mol. The Morgan fingerprint density at radius 3 is 1.47 bits per heavy atom. The minimum absolute atomic E-state index is 0.0870. The minimum atomic E-state index is -3.95. The predicted octanol–water partition coefficient (Wildman–Crippen LogP) is 4.75. The van der Waals surface area contributed by atoms with Crippen molar-refractivity contribution in [3.8, 4) is 0 Å². The first-order valence-corrected chi connectivity index (χ1v) is 19.3. The van der Waals surface area contributed by atoms with Crippen molar-refractivity contribution in [1.29, 1.82) is 0 Å². The maximum absolute atomic E-state index is 13.9. The second-order valence-electron chi connectivity index (χ2n) is 10.8. The maximum atomic E-state index is 13.9. The fraction of sp³-hybridized carbons (Fsp3) is 0.467. The third-order valence-corrected chi connectivity index (χ3v) is 13.3. The highest BCUT2D eigenvalue weighted by Gasteiger charge is 2.34. The number of fused-ring (bicyclic) bond motifs is 2. The molecule has 0 fully saturated rings. The molecule has 2 bridgehead atoms. The highest BCUT2D eigenvalue weighted by atomic mass is 32.2. The van der Waals surface area contributed by atoms with Crippen LogP contribution in [0.4, 0.5) is 0 Å². The second kappa shape index (κ2) is 15.4. The molecule has 0 unspecified atom stereocenters. The molecule has 246 valence electrons. The molecule has 0 N–H and O–H groups in total. The van der Waals surface area contributed by atoms with Crippen LogP contribution in [0.15, 0.2) is 70.7 Å². The Bertz CT molecular complexity index is 1570. The third-order valence-electron chi connectivity index (χ3n) is 7.31. The summed E-state index contributed by atoms with van der Waals surface area (Å²) in [5.41, 5.74) is 2.60. The molecule has 45 heavy (non-hydrogen) atoms. The summed E-state index contributed by atoms with van der Waals surface area (Å²) >= 11 is 0. The highest BCUT2D eigenvalue weighted by molar-refractivity contribution is 7.89. The Morgan fingerprint density at radius 1 is 0.689 bits per heavy atom. The van der Waals surface area contributed by atoms with Gasteiger partial charge in [-0.05, 0) is 64.8 Å². The van der Waals surface area contributed by atoms with E-state index in [0.717, 1.165) is 11.1 Å². The number of hydrogen-bond acceptors (Lipinski definition) is 9. The van der Waals surface area contributed by atoms with Gasteiger partial charge in [0.05, 0.1) is 47.5 Å². The second-order valence-corrected chi connectivity index (χ2v) is 16.7. The summed E-state index contributed by atoms with van der Waals surface area (Å²) < 4.78 is 84.8. The Morgan fingerprint density at radius 2 is 1.09 bits per heavy atom. The van der Waals surface area contributed by atoms with Gasteiger partial charge in [0.25, 0.3) is 0 Å². The van der Waals surface area contributed by atoms with E-state index in [1.54, 1.807) is 67.0 Å². The van der Waals surface area contributed by atoms with Crippen molar-refractivity contribution in [2.24, 2.45) is 0 Å². The van der Waals surface area contributed by atoms with Crippen molar-refractivity contribution < 1.29 is 30.4 Å². The van der Waals surface area contributed by atoms with Crippen LogP contribution in [-0.4, -0.2) is 79.5 Å². The van der Waals surface area contributed by atoms with Gasteiger partial charge in [-0.2, -0.15) is 8.61 Å². The van der Waals surface area contributed by atoms with Gasteiger partial charge >= 0.3 is 7.75 Å². The Balaban J connectivity index is 1.75. The lowest BCUT2D eigenvalue weighted by molar-refractivity contribution is 0.163. The van der Waals surface area contributed by atoms with Crippen LogP contribution in [0.1, 0.15) is 49.2 Å². The Hall–Kier alpha value is -2.55. The average Bonchev–Trinajstić information content (AvgIpc) is 2.99. The molecule has 0 aliphatic carbocycles. The van der Waals surface area contributed by atoms with Crippen LogP contribution >= 0.6 is 7.75 Å². The molecule has 4 rings (SSSR count). The first-order valence-electron chi connectivity index (χ1n) is 15.0. The molecule has 0 saturated carbocycles. The third kappa shape index (κ3) is 8.83.